The van der Waals surface area contributed by atoms with E-state index in [9.17, 15) is 0 Å². The highest BCUT2D eigenvalue weighted by molar-refractivity contribution is 5.36. The molecule has 1 fully saturated rings. The van der Waals surface area contributed by atoms with E-state index in [-0.39, 0.29) is 0 Å². The predicted octanol–water partition coefficient (Wildman–Crippen LogP) is 4.02. The number of hydrazine groups is 1. The molecule has 0 aliphatic heterocycles. The van der Waals surface area contributed by atoms with Gasteiger partial charge in [-0.05, 0) is 48.8 Å². The lowest BCUT2D eigenvalue weighted by Crippen LogP contribution is -2.38. The van der Waals surface area contributed by atoms with Gasteiger partial charge >= 0.3 is 0 Å². The van der Waals surface area contributed by atoms with Crippen molar-refractivity contribution in [2.75, 3.05) is 0 Å². The molecular formula is C17H28N2. The van der Waals surface area contributed by atoms with Crippen LogP contribution in [0.15, 0.2) is 18.2 Å². The second-order valence-corrected chi connectivity index (χ2v) is 6.07. The van der Waals surface area contributed by atoms with Gasteiger partial charge in [0, 0.05) is 6.04 Å². The Balaban J connectivity index is 2.33. The van der Waals surface area contributed by atoms with Crippen molar-refractivity contribution < 1.29 is 0 Å². The summed E-state index contributed by atoms with van der Waals surface area (Å²) in [5.41, 5.74) is 7.29. The molecule has 3 atom stereocenters. The maximum atomic E-state index is 5.94. The van der Waals surface area contributed by atoms with Gasteiger partial charge in [0.2, 0.25) is 0 Å². The van der Waals surface area contributed by atoms with Crippen molar-refractivity contribution in [3.8, 4) is 0 Å². The van der Waals surface area contributed by atoms with E-state index in [1.807, 2.05) is 0 Å². The average Bonchev–Trinajstić information content (AvgIpc) is 2.43. The van der Waals surface area contributed by atoms with Crippen molar-refractivity contribution in [1.82, 2.24) is 5.43 Å². The van der Waals surface area contributed by atoms with Gasteiger partial charge < -0.3 is 0 Å². The summed E-state index contributed by atoms with van der Waals surface area (Å²) in [6, 6.07) is 6.86. The molecule has 2 heteroatoms. The van der Waals surface area contributed by atoms with Gasteiger partial charge in [0.1, 0.15) is 0 Å². The fraction of sp³-hybridized carbons (Fsp3) is 0.647. The summed E-state index contributed by atoms with van der Waals surface area (Å²) in [6.45, 7) is 6.73. The molecule has 0 amide bonds. The molecule has 1 aliphatic rings. The van der Waals surface area contributed by atoms with Crippen molar-refractivity contribution in [3.63, 3.8) is 0 Å². The number of nitrogens with one attached hydrogen (secondary N) is 1. The molecule has 1 aliphatic carbocycles. The quantitative estimate of drug-likeness (QED) is 0.634. The fourth-order valence-corrected chi connectivity index (χ4v) is 3.92. The van der Waals surface area contributed by atoms with E-state index in [0.717, 1.165) is 5.92 Å². The first-order chi connectivity index (χ1) is 9.19. The van der Waals surface area contributed by atoms with Gasteiger partial charge in [-0.2, -0.15) is 0 Å². The molecule has 0 bridgehead atoms. The molecule has 2 nitrogen and oxygen atoms in total. The summed E-state index contributed by atoms with van der Waals surface area (Å²) in [5.74, 6) is 7.44. The molecule has 3 N–H and O–H groups in total. The second-order valence-electron chi connectivity index (χ2n) is 6.07. The van der Waals surface area contributed by atoms with E-state index in [4.69, 9.17) is 5.84 Å². The zero-order chi connectivity index (χ0) is 13.8. The number of hydrogen-bond donors (Lipinski definition) is 2. The Morgan fingerprint density at radius 3 is 2.42 bits per heavy atom. The smallest absolute Gasteiger partial charge is 0.0496 e. The highest BCUT2D eigenvalue weighted by atomic mass is 15.2. The Morgan fingerprint density at radius 2 is 1.84 bits per heavy atom. The second kappa shape index (κ2) is 6.53. The first kappa shape index (κ1) is 14.5. The maximum Gasteiger partial charge on any atom is 0.0496 e. The lowest BCUT2D eigenvalue weighted by molar-refractivity contribution is 0.175. The van der Waals surface area contributed by atoms with Gasteiger partial charge in [-0.25, -0.2) is 0 Å². The zero-order valence-corrected chi connectivity index (χ0v) is 12.6. The van der Waals surface area contributed by atoms with Crippen LogP contribution in [0.4, 0.5) is 0 Å². The van der Waals surface area contributed by atoms with Gasteiger partial charge in [-0.1, -0.05) is 50.8 Å². The van der Waals surface area contributed by atoms with Crippen LogP contribution in [0.2, 0.25) is 0 Å². The van der Waals surface area contributed by atoms with E-state index < -0.39 is 0 Å². The molecule has 0 saturated heterocycles. The maximum absolute atomic E-state index is 5.94. The van der Waals surface area contributed by atoms with Crippen molar-refractivity contribution in [2.24, 2.45) is 17.7 Å². The van der Waals surface area contributed by atoms with Gasteiger partial charge in [-0.3, -0.25) is 11.3 Å². The largest absolute Gasteiger partial charge is 0.271 e. The summed E-state index contributed by atoms with van der Waals surface area (Å²) < 4.78 is 0. The number of hydrogen-bond acceptors (Lipinski definition) is 2. The summed E-state index contributed by atoms with van der Waals surface area (Å²) in [5, 5.41) is 0. The van der Waals surface area contributed by atoms with Gasteiger partial charge in [0.25, 0.3) is 0 Å². The minimum Gasteiger partial charge on any atom is -0.271 e. The first-order valence-electron chi connectivity index (χ1n) is 7.71. The Morgan fingerprint density at radius 1 is 1.21 bits per heavy atom. The van der Waals surface area contributed by atoms with Crippen molar-refractivity contribution in [1.29, 1.82) is 0 Å². The number of nitrogens with two attached hydrogens (primary N) is 1. The zero-order valence-electron chi connectivity index (χ0n) is 12.6. The van der Waals surface area contributed by atoms with Gasteiger partial charge in [-0.15, -0.1) is 0 Å². The van der Waals surface area contributed by atoms with Crippen molar-refractivity contribution in [3.05, 3.63) is 34.9 Å². The van der Waals surface area contributed by atoms with Crippen LogP contribution >= 0.6 is 0 Å². The van der Waals surface area contributed by atoms with Crippen molar-refractivity contribution >= 4 is 0 Å². The lowest BCUT2D eigenvalue weighted by atomic mass is 9.71. The van der Waals surface area contributed by atoms with E-state index in [1.54, 1.807) is 0 Å². The molecule has 0 spiro atoms. The molecule has 19 heavy (non-hydrogen) atoms. The SMILES string of the molecule is CCC1CCCCC1C(NN)c1c(C)cccc1C. The van der Waals surface area contributed by atoms with Crippen LogP contribution in [0, 0.1) is 25.7 Å². The molecule has 3 unspecified atom stereocenters. The van der Waals surface area contributed by atoms with Crippen LogP contribution in [-0.2, 0) is 0 Å². The van der Waals surface area contributed by atoms with Crippen LogP contribution in [-0.4, -0.2) is 0 Å². The molecule has 1 saturated carbocycles. The molecule has 2 rings (SSSR count). The number of benzene rings is 1. The monoisotopic (exact) mass is 260 g/mol. The van der Waals surface area contributed by atoms with E-state index in [0.29, 0.717) is 12.0 Å². The normalized spacial score (nSPS) is 25.3. The summed E-state index contributed by atoms with van der Waals surface area (Å²) in [7, 11) is 0. The van der Waals surface area contributed by atoms with Crippen LogP contribution in [0.5, 0.6) is 0 Å². The van der Waals surface area contributed by atoms with Crippen LogP contribution in [0.25, 0.3) is 0 Å². The van der Waals surface area contributed by atoms with E-state index in [1.165, 1.54) is 48.8 Å². The molecule has 0 radical (unpaired) electrons. The highest BCUT2D eigenvalue weighted by Crippen LogP contribution is 2.41. The Labute approximate surface area is 117 Å². The van der Waals surface area contributed by atoms with Gasteiger partial charge in [0.05, 0.1) is 0 Å². The first-order valence-corrected chi connectivity index (χ1v) is 7.71. The molecule has 0 aromatic heterocycles. The number of aryl methyl sites for hydroxylation is 2. The van der Waals surface area contributed by atoms with Crippen LogP contribution < -0.4 is 11.3 Å². The van der Waals surface area contributed by atoms with Crippen LogP contribution in [0.1, 0.15) is 61.8 Å². The molecule has 106 valence electrons. The Bertz CT molecular complexity index is 393. The minimum absolute atomic E-state index is 0.312. The van der Waals surface area contributed by atoms with Gasteiger partial charge in [0.15, 0.2) is 0 Å². The predicted molar refractivity (Wildman–Crippen MR) is 81.7 cm³/mol. The molecule has 1 aromatic rings. The third kappa shape index (κ3) is 3.01. The summed E-state index contributed by atoms with van der Waals surface area (Å²) in [4.78, 5) is 0. The molecule has 1 aromatic carbocycles. The number of rotatable bonds is 4. The van der Waals surface area contributed by atoms with E-state index >= 15 is 0 Å². The van der Waals surface area contributed by atoms with Crippen molar-refractivity contribution in [2.45, 2.75) is 58.9 Å². The fourth-order valence-electron chi connectivity index (χ4n) is 3.92. The Hall–Kier alpha value is -0.860. The Kier molecular flexibility index (Phi) is 5.00. The van der Waals surface area contributed by atoms with Crippen LogP contribution in [0.3, 0.4) is 0 Å². The lowest BCUT2D eigenvalue weighted by Gasteiger charge is -2.38. The summed E-state index contributed by atoms with van der Waals surface area (Å²) >= 11 is 0. The highest BCUT2D eigenvalue weighted by Gasteiger charge is 2.32. The average molecular weight is 260 g/mol. The minimum atomic E-state index is 0.312. The third-order valence-corrected chi connectivity index (χ3v) is 4.95. The standard InChI is InChI=1S/C17H28N2/c1-4-14-10-5-6-11-15(14)17(19-18)16-12(2)8-7-9-13(16)3/h7-9,14-15,17,19H,4-6,10-11,18H2,1-3H3. The molecular weight excluding hydrogens is 232 g/mol. The molecule has 0 heterocycles. The third-order valence-electron chi connectivity index (χ3n) is 4.95. The van der Waals surface area contributed by atoms with E-state index in [2.05, 4.69) is 44.4 Å². The summed E-state index contributed by atoms with van der Waals surface area (Å²) in [6.07, 6.45) is 6.68. The topological polar surface area (TPSA) is 38.0 Å².